The Morgan fingerprint density at radius 1 is 1.06 bits per heavy atom. The van der Waals surface area contributed by atoms with Crippen LogP contribution >= 0.6 is 0 Å². The van der Waals surface area contributed by atoms with Crippen LogP contribution in [0.4, 0.5) is 11.6 Å². The van der Waals surface area contributed by atoms with E-state index in [1.54, 1.807) is 36.8 Å². The largest absolute Gasteiger partial charge is 0.508 e. The van der Waals surface area contributed by atoms with Gasteiger partial charge in [0.2, 0.25) is 0 Å². The highest BCUT2D eigenvalue weighted by molar-refractivity contribution is 5.94. The summed E-state index contributed by atoms with van der Waals surface area (Å²) in [5.74, 6) is 1.46. The molecule has 3 heterocycles. The minimum absolute atomic E-state index is 0.160. The van der Waals surface area contributed by atoms with Gasteiger partial charge < -0.3 is 20.3 Å². The molecule has 156 valence electrons. The number of amides is 1. The van der Waals surface area contributed by atoms with Crippen molar-refractivity contribution in [3.05, 3.63) is 96.1 Å². The Labute approximate surface area is 180 Å². The molecule has 0 fully saturated rings. The topological polar surface area (TPSA) is 92.1 Å². The SMILES string of the molecule is Cc1cnc(Nc2ccccn2)cc1-n1ccc(C(=O)NCCc2ccccc2O)c1. The molecule has 0 unspecified atom stereocenters. The van der Waals surface area contributed by atoms with Gasteiger partial charge >= 0.3 is 0 Å². The average Bonchev–Trinajstić information content (AvgIpc) is 3.27. The van der Waals surface area contributed by atoms with Gasteiger partial charge in [-0.3, -0.25) is 4.79 Å². The van der Waals surface area contributed by atoms with Gasteiger partial charge in [0.05, 0.1) is 11.3 Å². The molecule has 0 radical (unpaired) electrons. The van der Waals surface area contributed by atoms with Crippen LogP contribution in [0.25, 0.3) is 5.69 Å². The second-order valence-electron chi connectivity index (χ2n) is 7.14. The van der Waals surface area contributed by atoms with Crippen molar-refractivity contribution >= 4 is 17.5 Å². The number of carbonyl (C=O) groups excluding carboxylic acids is 1. The van der Waals surface area contributed by atoms with E-state index in [-0.39, 0.29) is 11.7 Å². The van der Waals surface area contributed by atoms with Crippen LogP contribution in [0.1, 0.15) is 21.5 Å². The molecule has 0 saturated carbocycles. The molecule has 0 spiro atoms. The lowest BCUT2D eigenvalue weighted by Gasteiger charge is -2.10. The quantitative estimate of drug-likeness (QED) is 0.426. The Bertz CT molecular complexity index is 1190. The molecule has 7 nitrogen and oxygen atoms in total. The number of hydrogen-bond donors (Lipinski definition) is 3. The Kier molecular flexibility index (Phi) is 5.93. The second kappa shape index (κ2) is 9.13. The molecule has 0 aliphatic heterocycles. The molecule has 0 saturated heterocycles. The van der Waals surface area contributed by atoms with Crippen molar-refractivity contribution in [3.8, 4) is 11.4 Å². The number of pyridine rings is 2. The number of para-hydroxylation sites is 1. The second-order valence-corrected chi connectivity index (χ2v) is 7.14. The zero-order chi connectivity index (χ0) is 21.6. The molecule has 3 aromatic heterocycles. The van der Waals surface area contributed by atoms with Crippen LogP contribution in [0.2, 0.25) is 0 Å². The molecule has 0 aliphatic rings. The number of aromatic nitrogens is 3. The lowest BCUT2D eigenvalue weighted by Crippen LogP contribution is -2.25. The number of phenols is 1. The van der Waals surface area contributed by atoms with Crippen LogP contribution in [0.15, 0.2) is 79.4 Å². The third kappa shape index (κ3) is 4.90. The maximum Gasteiger partial charge on any atom is 0.252 e. The van der Waals surface area contributed by atoms with Crippen LogP contribution in [0.3, 0.4) is 0 Å². The summed E-state index contributed by atoms with van der Waals surface area (Å²) in [5, 5.41) is 15.9. The van der Waals surface area contributed by atoms with Crippen LogP contribution < -0.4 is 10.6 Å². The molecule has 1 amide bonds. The first-order chi connectivity index (χ1) is 15.1. The fourth-order valence-corrected chi connectivity index (χ4v) is 3.24. The van der Waals surface area contributed by atoms with Crippen molar-refractivity contribution < 1.29 is 9.90 Å². The van der Waals surface area contributed by atoms with Crippen molar-refractivity contribution in [1.82, 2.24) is 19.9 Å². The van der Waals surface area contributed by atoms with E-state index in [1.165, 1.54) is 0 Å². The number of nitrogens with one attached hydrogen (secondary N) is 2. The minimum atomic E-state index is -0.160. The Morgan fingerprint density at radius 2 is 1.90 bits per heavy atom. The Balaban J connectivity index is 1.43. The Morgan fingerprint density at radius 3 is 2.71 bits per heavy atom. The van der Waals surface area contributed by atoms with Gasteiger partial charge in [-0.1, -0.05) is 24.3 Å². The number of phenolic OH excluding ortho intramolecular Hbond substituents is 1. The number of rotatable bonds is 7. The van der Waals surface area contributed by atoms with Crippen LogP contribution in [0, 0.1) is 6.92 Å². The molecule has 4 aromatic rings. The smallest absolute Gasteiger partial charge is 0.252 e. The van der Waals surface area contributed by atoms with Crippen molar-refractivity contribution in [2.75, 3.05) is 11.9 Å². The monoisotopic (exact) mass is 413 g/mol. The van der Waals surface area contributed by atoms with Crippen molar-refractivity contribution in [3.63, 3.8) is 0 Å². The number of hydrogen-bond acceptors (Lipinski definition) is 5. The van der Waals surface area contributed by atoms with Crippen molar-refractivity contribution in [1.29, 1.82) is 0 Å². The molecule has 4 rings (SSSR count). The van der Waals surface area contributed by atoms with Gasteiger partial charge in [-0.05, 0) is 48.7 Å². The van der Waals surface area contributed by atoms with E-state index >= 15 is 0 Å². The summed E-state index contributed by atoms with van der Waals surface area (Å²) in [6.07, 6.45) is 7.71. The molecule has 0 aliphatic carbocycles. The van der Waals surface area contributed by atoms with Gasteiger partial charge in [0, 0.05) is 37.4 Å². The molecule has 1 aromatic carbocycles. The third-order valence-electron chi connectivity index (χ3n) is 4.90. The van der Waals surface area contributed by atoms with Gasteiger partial charge in [0.15, 0.2) is 0 Å². The summed E-state index contributed by atoms with van der Waals surface area (Å²) < 4.78 is 1.90. The van der Waals surface area contributed by atoms with Gasteiger partial charge in [-0.2, -0.15) is 0 Å². The summed E-state index contributed by atoms with van der Waals surface area (Å²) >= 11 is 0. The fraction of sp³-hybridized carbons (Fsp3) is 0.125. The van der Waals surface area contributed by atoms with Crippen LogP contribution in [-0.2, 0) is 6.42 Å². The number of carbonyl (C=O) groups is 1. The van der Waals surface area contributed by atoms with Gasteiger partial charge in [-0.15, -0.1) is 0 Å². The van der Waals surface area contributed by atoms with Gasteiger partial charge in [0.1, 0.15) is 17.4 Å². The lowest BCUT2D eigenvalue weighted by atomic mass is 10.1. The maximum atomic E-state index is 12.5. The zero-order valence-corrected chi connectivity index (χ0v) is 17.1. The Hall–Kier alpha value is -4.13. The summed E-state index contributed by atoms with van der Waals surface area (Å²) in [5.41, 5.74) is 3.27. The molecular weight excluding hydrogens is 390 g/mol. The summed E-state index contributed by atoms with van der Waals surface area (Å²) in [6.45, 7) is 2.41. The summed E-state index contributed by atoms with van der Waals surface area (Å²) in [4.78, 5) is 21.2. The first kappa shape index (κ1) is 20.2. The number of anilines is 2. The van der Waals surface area contributed by atoms with Crippen LogP contribution in [-0.4, -0.2) is 32.1 Å². The van der Waals surface area contributed by atoms with Gasteiger partial charge in [0.25, 0.3) is 5.91 Å². The van der Waals surface area contributed by atoms with Crippen LogP contribution in [0.5, 0.6) is 5.75 Å². The molecule has 0 atom stereocenters. The highest BCUT2D eigenvalue weighted by Crippen LogP contribution is 2.20. The molecule has 7 heteroatoms. The fourth-order valence-electron chi connectivity index (χ4n) is 3.24. The minimum Gasteiger partial charge on any atom is -0.508 e. The highest BCUT2D eigenvalue weighted by Gasteiger charge is 2.11. The predicted molar refractivity (Wildman–Crippen MR) is 120 cm³/mol. The van der Waals surface area contributed by atoms with Gasteiger partial charge in [-0.25, -0.2) is 9.97 Å². The third-order valence-corrected chi connectivity index (χ3v) is 4.90. The molecule has 3 N–H and O–H groups in total. The molecular formula is C24H23N5O2. The number of aromatic hydroxyl groups is 1. The first-order valence-corrected chi connectivity index (χ1v) is 9.98. The predicted octanol–water partition coefficient (Wildman–Crippen LogP) is 4.00. The lowest BCUT2D eigenvalue weighted by molar-refractivity contribution is 0.0954. The first-order valence-electron chi connectivity index (χ1n) is 9.98. The summed E-state index contributed by atoms with van der Waals surface area (Å²) in [6, 6.07) is 16.5. The van der Waals surface area contributed by atoms with E-state index < -0.39 is 0 Å². The standard InChI is InChI=1S/C24H23N5O2/c1-17-15-27-23(28-22-8-4-5-11-25-22)14-20(17)29-13-10-19(16-29)24(31)26-12-9-18-6-2-3-7-21(18)30/h2-8,10-11,13-16,30H,9,12H2,1H3,(H,26,31)(H,25,27,28). The van der Waals surface area contributed by atoms with E-state index in [0.29, 0.717) is 30.2 Å². The van der Waals surface area contributed by atoms with E-state index in [0.717, 1.165) is 16.8 Å². The summed E-state index contributed by atoms with van der Waals surface area (Å²) in [7, 11) is 0. The number of benzene rings is 1. The van der Waals surface area contributed by atoms with E-state index in [4.69, 9.17) is 0 Å². The molecule has 31 heavy (non-hydrogen) atoms. The number of nitrogens with zero attached hydrogens (tertiary/aromatic N) is 3. The number of aryl methyl sites for hydroxylation is 1. The zero-order valence-electron chi connectivity index (χ0n) is 17.1. The van der Waals surface area contributed by atoms with Crippen molar-refractivity contribution in [2.45, 2.75) is 13.3 Å². The normalized spacial score (nSPS) is 10.6. The van der Waals surface area contributed by atoms with Crippen molar-refractivity contribution in [2.24, 2.45) is 0 Å². The highest BCUT2D eigenvalue weighted by atomic mass is 16.3. The van der Waals surface area contributed by atoms with E-state index in [1.807, 2.05) is 54.1 Å². The maximum absolute atomic E-state index is 12.5. The molecule has 0 bridgehead atoms. The van der Waals surface area contributed by atoms with E-state index in [9.17, 15) is 9.90 Å². The van der Waals surface area contributed by atoms with E-state index in [2.05, 4.69) is 20.6 Å². The average molecular weight is 413 g/mol.